The minimum Gasteiger partial charge on any atom is -0.357 e. The van der Waals surface area contributed by atoms with Crippen LogP contribution in [0.4, 0.5) is 0 Å². The van der Waals surface area contributed by atoms with Crippen LogP contribution in [-0.4, -0.2) is 22.8 Å². The lowest BCUT2D eigenvalue weighted by Gasteiger charge is -2.31. The fraction of sp³-hybridized carbons (Fsp3) is 0.211. The Balaban J connectivity index is 2.07. The van der Waals surface area contributed by atoms with Crippen LogP contribution in [0.1, 0.15) is 18.1 Å². The summed E-state index contributed by atoms with van der Waals surface area (Å²) in [5.74, 6) is 0.703. The first-order valence-electron chi connectivity index (χ1n) is 7.34. The predicted molar refractivity (Wildman–Crippen MR) is 89.7 cm³/mol. The van der Waals surface area contributed by atoms with Crippen molar-refractivity contribution in [2.24, 2.45) is 0 Å². The Kier molecular flexibility index (Phi) is 5.37. The molecule has 114 valence electrons. The maximum atomic E-state index is 12.0. The molecule has 3 heteroatoms. The smallest absolute Gasteiger partial charge is 0.225 e. The van der Waals surface area contributed by atoms with Crippen LogP contribution in [-0.2, 0) is 17.9 Å². The molecule has 0 radical (unpaired) electrons. The van der Waals surface area contributed by atoms with Crippen molar-refractivity contribution < 1.29 is 4.79 Å². The summed E-state index contributed by atoms with van der Waals surface area (Å²) in [5.41, 5.74) is 2.28. The van der Waals surface area contributed by atoms with Gasteiger partial charge in [0.2, 0.25) is 5.91 Å². The minimum atomic E-state index is -0.00577. The third-order valence-electron chi connectivity index (χ3n) is 3.58. The largest absolute Gasteiger partial charge is 0.357 e. The zero-order chi connectivity index (χ0) is 15.9. The van der Waals surface area contributed by atoms with Crippen LogP contribution >= 0.6 is 0 Å². The van der Waals surface area contributed by atoms with Gasteiger partial charge in [-0.3, -0.25) is 9.69 Å². The average Bonchev–Trinajstić information content (AvgIpc) is 2.53. The minimum absolute atomic E-state index is 0.00577. The van der Waals surface area contributed by atoms with Crippen LogP contribution in [0.25, 0.3) is 0 Å². The van der Waals surface area contributed by atoms with Gasteiger partial charge in [0, 0.05) is 20.5 Å². The van der Waals surface area contributed by atoms with Crippen molar-refractivity contribution in [2.75, 3.05) is 7.05 Å². The molecule has 1 amide bonds. The monoisotopic (exact) mass is 294 g/mol. The van der Waals surface area contributed by atoms with Gasteiger partial charge in [0.05, 0.1) is 6.54 Å². The van der Waals surface area contributed by atoms with Crippen LogP contribution in [0.2, 0.25) is 0 Å². The molecule has 0 fully saturated rings. The zero-order valence-corrected chi connectivity index (χ0v) is 13.2. The molecule has 2 aromatic rings. The van der Waals surface area contributed by atoms with Crippen LogP contribution in [0.3, 0.4) is 0 Å². The first kappa shape index (κ1) is 15.8. The van der Waals surface area contributed by atoms with Crippen molar-refractivity contribution in [2.45, 2.75) is 20.0 Å². The highest BCUT2D eigenvalue weighted by Gasteiger charge is 2.16. The van der Waals surface area contributed by atoms with Gasteiger partial charge in [0.15, 0.2) is 0 Å². The molecule has 0 unspecified atom stereocenters. The van der Waals surface area contributed by atoms with E-state index in [0.29, 0.717) is 12.4 Å². The molecule has 0 atom stereocenters. The van der Waals surface area contributed by atoms with Crippen molar-refractivity contribution in [3.63, 3.8) is 0 Å². The van der Waals surface area contributed by atoms with Crippen LogP contribution in [0.5, 0.6) is 0 Å². The Morgan fingerprint density at radius 3 is 1.82 bits per heavy atom. The number of hydrogen-bond acceptors (Lipinski definition) is 2. The van der Waals surface area contributed by atoms with Crippen molar-refractivity contribution in [1.82, 2.24) is 9.80 Å². The number of benzene rings is 2. The predicted octanol–water partition coefficient (Wildman–Crippen LogP) is 3.64. The number of carbonyl (C=O) groups excluding carboxylic acids is 1. The number of rotatable bonds is 6. The Bertz CT molecular complexity index is 622. The first-order chi connectivity index (χ1) is 10.6. The Morgan fingerprint density at radius 2 is 1.36 bits per heavy atom. The second-order valence-electron chi connectivity index (χ2n) is 5.35. The van der Waals surface area contributed by atoms with E-state index in [9.17, 15) is 4.79 Å². The van der Waals surface area contributed by atoms with Crippen molar-refractivity contribution >= 4 is 5.91 Å². The van der Waals surface area contributed by atoms with E-state index >= 15 is 0 Å². The molecular weight excluding hydrogens is 272 g/mol. The van der Waals surface area contributed by atoms with Gasteiger partial charge in [0.1, 0.15) is 5.82 Å². The third kappa shape index (κ3) is 4.22. The topological polar surface area (TPSA) is 23.6 Å². The van der Waals surface area contributed by atoms with E-state index in [2.05, 4.69) is 18.7 Å². The third-order valence-corrected chi connectivity index (χ3v) is 3.58. The van der Waals surface area contributed by atoms with E-state index in [1.807, 2.05) is 60.5 Å². The maximum absolute atomic E-state index is 12.0. The van der Waals surface area contributed by atoms with Gasteiger partial charge in [-0.2, -0.15) is 0 Å². The Morgan fingerprint density at radius 1 is 0.909 bits per heavy atom. The van der Waals surface area contributed by atoms with E-state index < -0.39 is 0 Å². The number of amides is 1. The van der Waals surface area contributed by atoms with Crippen molar-refractivity contribution in [3.8, 4) is 0 Å². The van der Waals surface area contributed by atoms with Gasteiger partial charge in [-0.05, 0) is 11.1 Å². The summed E-state index contributed by atoms with van der Waals surface area (Å²) >= 11 is 0. The fourth-order valence-electron chi connectivity index (χ4n) is 2.30. The van der Waals surface area contributed by atoms with Crippen LogP contribution < -0.4 is 0 Å². The number of hydrogen-bond donors (Lipinski definition) is 0. The lowest BCUT2D eigenvalue weighted by Crippen LogP contribution is -2.35. The van der Waals surface area contributed by atoms with Gasteiger partial charge in [-0.1, -0.05) is 67.2 Å². The summed E-state index contributed by atoms with van der Waals surface area (Å²) in [6.07, 6.45) is 0. The molecule has 2 aromatic carbocycles. The van der Waals surface area contributed by atoms with Gasteiger partial charge in [0.25, 0.3) is 0 Å². The molecule has 0 N–H and O–H groups in total. The molecule has 2 rings (SSSR count). The average molecular weight is 294 g/mol. The molecule has 3 nitrogen and oxygen atoms in total. The van der Waals surface area contributed by atoms with E-state index in [-0.39, 0.29) is 5.91 Å². The van der Waals surface area contributed by atoms with Gasteiger partial charge in [-0.15, -0.1) is 0 Å². The van der Waals surface area contributed by atoms with Crippen molar-refractivity contribution in [3.05, 3.63) is 84.2 Å². The lowest BCUT2D eigenvalue weighted by molar-refractivity contribution is -0.128. The molecule has 22 heavy (non-hydrogen) atoms. The highest BCUT2D eigenvalue weighted by atomic mass is 16.2. The van der Waals surface area contributed by atoms with Crippen molar-refractivity contribution in [1.29, 1.82) is 0 Å². The molecule has 0 bridgehead atoms. The molecule has 0 spiro atoms. The van der Waals surface area contributed by atoms with E-state index in [4.69, 9.17) is 0 Å². The summed E-state index contributed by atoms with van der Waals surface area (Å²) < 4.78 is 0. The normalized spacial score (nSPS) is 10.1. The number of nitrogens with zero attached hydrogens (tertiary/aromatic N) is 2. The molecule has 0 aliphatic rings. The molecule has 0 saturated heterocycles. The zero-order valence-electron chi connectivity index (χ0n) is 13.2. The standard InChI is InChI=1S/C19H22N2O/c1-16(20(3)14-18-10-6-4-7-11-18)21(17(2)22)15-19-12-8-5-9-13-19/h4-13H,1,14-15H2,2-3H3. The van der Waals surface area contributed by atoms with E-state index in [1.165, 1.54) is 5.56 Å². The fourth-order valence-corrected chi connectivity index (χ4v) is 2.30. The van der Waals surface area contributed by atoms with Crippen LogP contribution in [0, 0.1) is 0 Å². The van der Waals surface area contributed by atoms with Crippen LogP contribution in [0.15, 0.2) is 73.1 Å². The van der Waals surface area contributed by atoms with Gasteiger partial charge < -0.3 is 4.90 Å². The summed E-state index contributed by atoms with van der Waals surface area (Å²) in [7, 11) is 1.95. The molecular formula is C19H22N2O. The summed E-state index contributed by atoms with van der Waals surface area (Å²) in [6.45, 7) is 6.93. The highest BCUT2D eigenvalue weighted by Crippen LogP contribution is 2.15. The van der Waals surface area contributed by atoms with E-state index in [1.54, 1.807) is 11.8 Å². The Labute approximate surface area is 132 Å². The summed E-state index contributed by atoms with van der Waals surface area (Å²) in [6, 6.07) is 20.1. The summed E-state index contributed by atoms with van der Waals surface area (Å²) in [4.78, 5) is 15.7. The molecule has 0 saturated carbocycles. The molecule has 0 aromatic heterocycles. The van der Waals surface area contributed by atoms with Gasteiger partial charge in [-0.25, -0.2) is 0 Å². The molecule has 0 heterocycles. The lowest BCUT2D eigenvalue weighted by atomic mass is 10.2. The second kappa shape index (κ2) is 7.46. The first-order valence-corrected chi connectivity index (χ1v) is 7.34. The number of carbonyl (C=O) groups is 1. The molecule has 0 aliphatic carbocycles. The second-order valence-corrected chi connectivity index (χ2v) is 5.35. The quantitative estimate of drug-likeness (QED) is 0.812. The molecule has 0 aliphatic heterocycles. The summed E-state index contributed by atoms with van der Waals surface area (Å²) in [5, 5.41) is 0. The highest BCUT2D eigenvalue weighted by molar-refractivity contribution is 5.75. The van der Waals surface area contributed by atoms with Gasteiger partial charge >= 0.3 is 0 Å². The van der Waals surface area contributed by atoms with E-state index in [0.717, 1.165) is 12.1 Å². The maximum Gasteiger partial charge on any atom is 0.225 e. The Hall–Kier alpha value is -2.55. The SMILES string of the molecule is C=C(N(C)Cc1ccccc1)N(Cc1ccccc1)C(C)=O.